The van der Waals surface area contributed by atoms with Crippen LogP contribution in [-0.2, 0) is 4.74 Å². The highest BCUT2D eigenvalue weighted by Gasteiger charge is 2.02. The molecule has 1 aromatic carbocycles. The van der Waals surface area contributed by atoms with Crippen molar-refractivity contribution < 1.29 is 9.47 Å². The Morgan fingerprint density at radius 1 is 1.13 bits per heavy atom. The molecule has 0 spiro atoms. The van der Waals surface area contributed by atoms with Crippen molar-refractivity contribution in [2.24, 2.45) is 0 Å². The lowest BCUT2D eigenvalue weighted by Gasteiger charge is -2.09. The zero-order valence-electron chi connectivity index (χ0n) is 9.47. The molecule has 0 aliphatic heterocycles. The second-order valence-electron chi connectivity index (χ2n) is 3.57. The lowest BCUT2D eigenvalue weighted by Crippen LogP contribution is -2.01. The molecular formula is C12H17BrO2. The highest BCUT2D eigenvalue weighted by atomic mass is 79.9. The topological polar surface area (TPSA) is 18.5 Å². The molecule has 0 atom stereocenters. The molecule has 15 heavy (non-hydrogen) atoms. The number of hydrogen-bond donors (Lipinski definition) is 0. The molecule has 0 fully saturated rings. The van der Waals surface area contributed by atoms with Gasteiger partial charge < -0.3 is 9.47 Å². The molecular weight excluding hydrogens is 256 g/mol. The molecule has 84 valence electrons. The van der Waals surface area contributed by atoms with Crippen LogP contribution in [0.25, 0.3) is 0 Å². The first-order valence-electron chi connectivity index (χ1n) is 5.03. The molecule has 0 aromatic heterocycles. The molecule has 0 bridgehead atoms. The number of hydrogen-bond acceptors (Lipinski definition) is 2. The number of halogens is 1. The third-order valence-electron chi connectivity index (χ3n) is 2.17. The Morgan fingerprint density at radius 3 is 2.27 bits per heavy atom. The maximum absolute atomic E-state index is 5.62. The number of methoxy groups -OCH3 is 1. The van der Waals surface area contributed by atoms with Crippen LogP contribution in [-0.4, -0.2) is 20.3 Å². The average molecular weight is 273 g/mol. The van der Waals surface area contributed by atoms with Gasteiger partial charge in [0.2, 0.25) is 0 Å². The van der Waals surface area contributed by atoms with Crippen LogP contribution < -0.4 is 4.74 Å². The Hall–Kier alpha value is -0.540. The third-order valence-corrected chi connectivity index (χ3v) is 3.42. The quantitative estimate of drug-likeness (QED) is 0.765. The van der Waals surface area contributed by atoms with Crippen LogP contribution >= 0.6 is 15.9 Å². The minimum Gasteiger partial charge on any atom is -0.493 e. The molecule has 0 saturated carbocycles. The molecule has 0 aliphatic rings. The van der Waals surface area contributed by atoms with Gasteiger partial charge in [0.05, 0.1) is 6.61 Å². The first kappa shape index (κ1) is 12.5. The van der Waals surface area contributed by atoms with E-state index in [0.717, 1.165) is 23.2 Å². The Morgan fingerprint density at radius 2 is 1.73 bits per heavy atom. The summed E-state index contributed by atoms with van der Waals surface area (Å²) in [4.78, 5) is 0. The standard InChI is InChI=1S/C12H17BrO2/c1-9-7-11(8-10(2)12(9)13)15-6-4-5-14-3/h7-8H,4-6H2,1-3H3. The highest BCUT2D eigenvalue weighted by Crippen LogP contribution is 2.26. The van der Waals surface area contributed by atoms with Gasteiger partial charge in [-0.25, -0.2) is 0 Å². The van der Waals surface area contributed by atoms with Crippen molar-refractivity contribution in [1.29, 1.82) is 0 Å². The van der Waals surface area contributed by atoms with E-state index in [2.05, 4.69) is 29.8 Å². The molecule has 0 unspecified atom stereocenters. The van der Waals surface area contributed by atoms with Gasteiger partial charge in [0.25, 0.3) is 0 Å². The fourth-order valence-corrected chi connectivity index (χ4v) is 1.61. The Labute approximate surface area is 99.7 Å². The van der Waals surface area contributed by atoms with Crippen LogP contribution in [0, 0.1) is 13.8 Å². The molecule has 0 radical (unpaired) electrons. The lowest BCUT2D eigenvalue weighted by molar-refractivity contribution is 0.172. The van der Waals surface area contributed by atoms with E-state index in [1.165, 1.54) is 11.1 Å². The van der Waals surface area contributed by atoms with Crippen molar-refractivity contribution in [2.45, 2.75) is 20.3 Å². The van der Waals surface area contributed by atoms with E-state index in [9.17, 15) is 0 Å². The lowest BCUT2D eigenvalue weighted by atomic mass is 10.1. The SMILES string of the molecule is COCCCOc1cc(C)c(Br)c(C)c1. The summed E-state index contributed by atoms with van der Waals surface area (Å²) in [6, 6.07) is 4.09. The Balaban J connectivity index is 2.55. The van der Waals surface area contributed by atoms with Crippen molar-refractivity contribution in [3.63, 3.8) is 0 Å². The molecule has 0 amide bonds. The Bertz CT molecular complexity index is 300. The molecule has 0 aliphatic carbocycles. The zero-order chi connectivity index (χ0) is 11.3. The summed E-state index contributed by atoms with van der Waals surface area (Å²) in [6.45, 7) is 5.58. The molecule has 3 heteroatoms. The van der Waals surface area contributed by atoms with Crippen molar-refractivity contribution in [1.82, 2.24) is 0 Å². The molecule has 0 N–H and O–H groups in total. The summed E-state index contributed by atoms with van der Waals surface area (Å²) in [5, 5.41) is 0. The van der Waals surface area contributed by atoms with Crippen molar-refractivity contribution >= 4 is 15.9 Å². The van der Waals surface area contributed by atoms with Gasteiger partial charge in [0.1, 0.15) is 5.75 Å². The Kier molecular flexibility index (Phi) is 5.12. The number of rotatable bonds is 5. The van der Waals surface area contributed by atoms with E-state index >= 15 is 0 Å². The zero-order valence-corrected chi connectivity index (χ0v) is 11.1. The summed E-state index contributed by atoms with van der Waals surface area (Å²) in [7, 11) is 1.70. The molecule has 0 heterocycles. The summed E-state index contributed by atoms with van der Waals surface area (Å²) in [5.41, 5.74) is 2.41. The first-order chi connectivity index (χ1) is 7.15. The van der Waals surface area contributed by atoms with Gasteiger partial charge in [-0.2, -0.15) is 0 Å². The van der Waals surface area contributed by atoms with Gasteiger partial charge in [0.15, 0.2) is 0 Å². The van der Waals surface area contributed by atoms with E-state index < -0.39 is 0 Å². The van der Waals surface area contributed by atoms with E-state index in [-0.39, 0.29) is 0 Å². The molecule has 1 rings (SSSR count). The second kappa shape index (κ2) is 6.13. The minimum absolute atomic E-state index is 0.703. The monoisotopic (exact) mass is 272 g/mol. The van der Waals surface area contributed by atoms with Gasteiger partial charge >= 0.3 is 0 Å². The second-order valence-corrected chi connectivity index (χ2v) is 4.36. The summed E-state index contributed by atoms with van der Waals surface area (Å²) >= 11 is 3.53. The third kappa shape index (κ3) is 3.84. The largest absolute Gasteiger partial charge is 0.493 e. The minimum atomic E-state index is 0.703. The van der Waals surface area contributed by atoms with E-state index in [1.54, 1.807) is 7.11 Å². The van der Waals surface area contributed by atoms with Gasteiger partial charge in [0, 0.05) is 24.6 Å². The number of benzene rings is 1. The maximum atomic E-state index is 5.62. The van der Waals surface area contributed by atoms with Crippen LogP contribution in [0.5, 0.6) is 5.75 Å². The molecule has 1 aromatic rings. The first-order valence-corrected chi connectivity index (χ1v) is 5.83. The predicted octanol–water partition coefficient (Wildman–Crippen LogP) is 3.48. The van der Waals surface area contributed by atoms with Gasteiger partial charge in [-0.05, 0) is 37.1 Å². The van der Waals surface area contributed by atoms with E-state index in [1.807, 2.05) is 12.1 Å². The summed E-state index contributed by atoms with van der Waals surface area (Å²) < 4.78 is 11.7. The van der Waals surface area contributed by atoms with E-state index in [4.69, 9.17) is 9.47 Å². The summed E-state index contributed by atoms with van der Waals surface area (Å²) in [6.07, 6.45) is 0.921. The van der Waals surface area contributed by atoms with Crippen LogP contribution in [0.4, 0.5) is 0 Å². The fourth-order valence-electron chi connectivity index (χ4n) is 1.38. The summed E-state index contributed by atoms with van der Waals surface area (Å²) in [5.74, 6) is 0.935. The van der Waals surface area contributed by atoms with Crippen molar-refractivity contribution in [3.8, 4) is 5.75 Å². The van der Waals surface area contributed by atoms with Gasteiger partial charge in [-0.1, -0.05) is 15.9 Å². The predicted molar refractivity (Wildman–Crippen MR) is 65.6 cm³/mol. The van der Waals surface area contributed by atoms with Crippen molar-refractivity contribution in [2.75, 3.05) is 20.3 Å². The van der Waals surface area contributed by atoms with Crippen molar-refractivity contribution in [3.05, 3.63) is 27.7 Å². The molecule has 2 nitrogen and oxygen atoms in total. The maximum Gasteiger partial charge on any atom is 0.119 e. The average Bonchev–Trinajstić information content (AvgIpc) is 2.21. The number of aryl methyl sites for hydroxylation is 2. The molecule has 0 saturated heterocycles. The van der Waals surface area contributed by atoms with Crippen LogP contribution in [0.2, 0.25) is 0 Å². The van der Waals surface area contributed by atoms with E-state index in [0.29, 0.717) is 6.61 Å². The van der Waals surface area contributed by atoms with Gasteiger partial charge in [-0.15, -0.1) is 0 Å². The van der Waals surface area contributed by atoms with Crippen LogP contribution in [0.3, 0.4) is 0 Å². The van der Waals surface area contributed by atoms with Crippen LogP contribution in [0.15, 0.2) is 16.6 Å². The highest BCUT2D eigenvalue weighted by molar-refractivity contribution is 9.10. The van der Waals surface area contributed by atoms with Crippen LogP contribution in [0.1, 0.15) is 17.5 Å². The fraction of sp³-hybridized carbons (Fsp3) is 0.500. The van der Waals surface area contributed by atoms with Gasteiger partial charge in [-0.3, -0.25) is 0 Å². The normalized spacial score (nSPS) is 10.4. The smallest absolute Gasteiger partial charge is 0.119 e. The number of ether oxygens (including phenoxy) is 2.